The van der Waals surface area contributed by atoms with E-state index >= 15 is 0 Å². The van der Waals surface area contributed by atoms with Gasteiger partial charge in [0.2, 0.25) is 0 Å². The highest BCUT2D eigenvalue weighted by Crippen LogP contribution is 2.31. The summed E-state index contributed by atoms with van der Waals surface area (Å²) in [5.74, 6) is 0.494. The van der Waals surface area contributed by atoms with Crippen LogP contribution in [0.1, 0.15) is 35.3 Å². The molecule has 1 fully saturated rings. The molecular formula is C17H20N2O3. The number of aromatic nitrogens is 1. The summed E-state index contributed by atoms with van der Waals surface area (Å²) in [5, 5.41) is 13.7. The number of benzene rings is 1. The molecule has 1 aliphatic carbocycles. The zero-order chi connectivity index (χ0) is 15.7. The molecule has 0 saturated heterocycles. The lowest BCUT2D eigenvalue weighted by molar-refractivity contribution is -0.0300. The second-order valence-electron chi connectivity index (χ2n) is 5.95. The number of hydrogen-bond donors (Lipinski definition) is 2. The first-order valence-corrected chi connectivity index (χ1v) is 7.47. The number of ether oxygens (including phenoxy) is 1. The van der Waals surface area contributed by atoms with Gasteiger partial charge in [0, 0.05) is 17.6 Å². The molecule has 2 aromatic rings. The van der Waals surface area contributed by atoms with E-state index in [9.17, 15) is 9.90 Å². The third-order valence-corrected chi connectivity index (χ3v) is 4.25. The molecule has 5 heteroatoms. The predicted molar refractivity (Wildman–Crippen MR) is 84.2 cm³/mol. The number of methoxy groups -OCH3 is 1. The average Bonchev–Trinajstić information content (AvgIpc) is 2.49. The van der Waals surface area contributed by atoms with Crippen LogP contribution in [0.5, 0.6) is 5.75 Å². The molecule has 1 aromatic carbocycles. The first-order valence-electron chi connectivity index (χ1n) is 7.47. The lowest BCUT2D eigenvalue weighted by Crippen LogP contribution is -2.47. The number of pyridine rings is 1. The fraction of sp³-hybridized carbons (Fsp3) is 0.412. The normalized spacial score (nSPS) is 16.1. The van der Waals surface area contributed by atoms with E-state index in [1.54, 1.807) is 13.2 Å². The lowest BCUT2D eigenvalue weighted by Gasteiger charge is -2.36. The van der Waals surface area contributed by atoms with Gasteiger partial charge < -0.3 is 15.2 Å². The summed E-state index contributed by atoms with van der Waals surface area (Å²) in [6, 6.07) is 7.25. The largest absolute Gasteiger partial charge is 0.497 e. The van der Waals surface area contributed by atoms with Crippen LogP contribution in [0.25, 0.3) is 10.9 Å². The Kier molecular flexibility index (Phi) is 3.74. The highest BCUT2D eigenvalue weighted by Gasteiger charge is 2.34. The minimum absolute atomic E-state index is 0.191. The molecule has 0 bridgehead atoms. The number of carbonyl (C=O) groups excluding carboxylic acids is 1. The summed E-state index contributed by atoms with van der Waals surface area (Å²) in [7, 11) is 1.59. The van der Waals surface area contributed by atoms with Gasteiger partial charge >= 0.3 is 0 Å². The number of carbonyl (C=O) groups is 1. The summed E-state index contributed by atoms with van der Waals surface area (Å²) in [6.07, 6.45) is 2.51. The molecule has 2 N–H and O–H groups in total. The molecule has 116 valence electrons. The monoisotopic (exact) mass is 300 g/mol. The summed E-state index contributed by atoms with van der Waals surface area (Å²) in [5.41, 5.74) is 1.37. The molecule has 1 heterocycles. The van der Waals surface area contributed by atoms with Crippen molar-refractivity contribution in [3.63, 3.8) is 0 Å². The van der Waals surface area contributed by atoms with E-state index in [-0.39, 0.29) is 5.91 Å². The van der Waals surface area contributed by atoms with Crippen LogP contribution in [0, 0.1) is 6.92 Å². The van der Waals surface area contributed by atoms with E-state index in [2.05, 4.69) is 10.3 Å². The Balaban J connectivity index is 1.92. The summed E-state index contributed by atoms with van der Waals surface area (Å²) < 4.78 is 5.23. The number of rotatable bonds is 4. The van der Waals surface area contributed by atoms with Crippen molar-refractivity contribution in [3.05, 3.63) is 35.5 Å². The van der Waals surface area contributed by atoms with Crippen LogP contribution >= 0.6 is 0 Å². The first-order chi connectivity index (χ1) is 10.5. The summed E-state index contributed by atoms with van der Waals surface area (Å²) >= 11 is 0. The Labute approximate surface area is 129 Å². The second kappa shape index (κ2) is 5.57. The predicted octanol–water partition coefficient (Wildman–Crippen LogP) is 2.20. The van der Waals surface area contributed by atoms with E-state index < -0.39 is 5.60 Å². The van der Waals surface area contributed by atoms with Crippen molar-refractivity contribution in [3.8, 4) is 5.75 Å². The van der Waals surface area contributed by atoms with E-state index in [1.165, 1.54) is 0 Å². The maximum atomic E-state index is 12.5. The number of nitrogens with zero attached hydrogens (tertiary/aromatic N) is 1. The van der Waals surface area contributed by atoms with Crippen molar-refractivity contribution >= 4 is 16.8 Å². The fourth-order valence-electron chi connectivity index (χ4n) is 2.75. The number of nitrogens with one attached hydrogen (secondary N) is 1. The Morgan fingerprint density at radius 2 is 2.18 bits per heavy atom. The molecule has 3 rings (SSSR count). The van der Waals surface area contributed by atoms with Crippen LogP contribution in [0.3, 0.4) is 0 Å². The van der Waals surface area contributed by atoms with E-state index in [1.807, 2.05) is 25.1 Å². The Bertz CT molecular complexity index is 723. The van der Waals surface area contributed by atoms with Crippen molar-refractivity contribution in [1.82, 2.24) is 10.3 Å². The van der Waals surface area contributed by atoms with Crippen molar-refractivity contribution in [1.29, 1.82) is 0 Å². The second-order valence-corrected chi connectivity index (χ2v) is 5.95. The van der Waals surface area contributed by atoms with Crippen LogP contribution in [-0.2, 0) is 0 Å². The van der Waals surface area contributed by atoms with Gasteiger partial charge in [0.1, 0.15) is 5.75 Å². The standard InChI is InChI=1S/C17H20N2O3/c1-11-8-14(16(20)18-10-17(21)6-3-7-17)13-9-12(22-2)4-5-15(13)19-11/h4-5,8-9,21H,3,6-7,10H2,1-2H3,(H,18,20). The van der Waals surface area contributed by atoms with Gasteiger partial charge in [-0.15, -0.1) is 0 Å². The number of aliphatic hydroxyl groups is 1. The van der Waals surface area contributed by atoms with Crippen molar-refractivity contribution < 1.29 is 14.6 Å². The van der Waals surface area contributed by atoms with Crippen LogP contribution in [0.15, 0.2) is 24.3 Å². The molecule has 0 radical (unpaired) electrons. The van der Waals surface area contributed by atoms with Gasteiger partial charge in [0.05, 0.1) is 23.8 Å². The summed E-state index contributed by atoms with van der Waals surface area (Å²) in [6.45, 7) is 2.15. The van der Waals surface area contributed by atoms with Crippen LogP contribution in [-0.4, -0.2) is 35.3 Å². The highest BCUT2D eigenvalue weighted by molar-refractivity contribution is 6.06. The van der Waals surface area contributed by atoms with Gasteiger partial charge in [-0.2, -0.15) is 0 Å². The lowest BCUT2D eigenvalue weighted by atomic mass is 9.80. The van der Waals surface area contributed by atoms with Gasteiger partial charge in [0.15, 0.2) is 0 Å². The van der Waals surface area contributed by atoms with Gasteiger partial charge in [0.25, 0.3) is 5.91 Å². The Morgan fingerprint density at radius 1 is 1.41 bits per heavy atom. The quantitative estimate of drug-likeness (QED) is 0.908. The average molecular weight is 300 g/mol. The third-order valence-electron chi connectivity index (χ3n) is 4.25. The van der Waals surface area contributed by atoms with Gasteiger partial charge in [-0.05, 0) is 50.5 Å². The highest BCUT2D eigenvalue weighted by atomic mass is 16.5. The summed E-state index contributed by atoms with van der Waals surface area (Å²) in [4.78, 5) is 17.0. The molecule has 0 aliphatic heterocycles. The minimum atomic E-state index is -0.731. The maximum absolute atomic E-state index is 12.5. The van der Waals surface area contributed by atoms with Gasteiger partial charge in [-0.25, -0.2) is 0 Å². The van der Waals surface area contributed by atoms with Crippen molar-refractivity contribution in [2.75, 3.05) is 13.7 Å². The number of aryl methyl sites for hydroxylation is 1. The van der Waals surface area contributed by atoms with E-state index in [0.29, 0.717) is 17.9 Å². The molecular weight excluding hydrogens is 280 g/mol. The molecule has 0 atom stereocenters. The molecule has 5 nitrogen and oxygen atoms in total. The zero-order valence-electron chi connectivity index (χ0n) is 12.8. The number of amides is 1. The molecule has 22 heavy (non-hydrogen) atoms. The van der Waals surface area contributed by atoms with E-state index in [4.69, 9.17) is 4.74 Å². The van der Waals surface area contributed by atoms with Crippen molar-refractivity contribution in [2.24, 2.45) is 0 Å². The Morgan fingerprint density at radius 3 is 2.82 bits per heavy atom. The van der Waals surface area contributed by atoms with Gasteiger partial charge in [-0.3, -0.25) is 9.78 Å². The van der Waals surface area contributed by atoms with Crippen molar-refractivity contribution in [2.45, 2.75) is 31.8 Å². The van der Waals surface area contributed by atoms with Gasteiger partial charge in [-0.1, -0.05) is 0 Å². The molecule has 1 aliphatic rings. The third kappa shape index (κ3) is 2.76. The molecule has 0 unspecified atom stereocenters. The zero-order valence-corrected chi connectivity index (χ0v) is 12.8. The topological polar surface area (TPSA) is 71.5 Å². The smallest absolute Gasteiger partial charge is 0.252 e. The number of fused-ring (bicyclic) bond motifs is 1. The van der Waals surface area contributed by atoms with E-state index in [0.717, 1.165) is 35.9 Å². The fourth-order valence-corrected chi connectivity index (χ4v) is 2.75. The van der Waals surface area contributed by atoms with Crippen LogP contribution in [0.2, 0.25) is 0 Å². The first kappa shape index (κ1) is 14.8. The number of hydrogen-bond acceptors (Lipinski definition) is 4. The van der Waals surface area contributed by atoms with Crippen LogP contribution < -0.4 is 10.1 Å². The maximum Gasteiger partial charge on any atom is 0.252 e. The SMILES string of the molecule is COc1ccc2nc(C)cc(C(=O)NCC3(O)CCC3)c2c1. The Hall–Kier alpha value is -2.14. The molecule has 0 spiro atoms. The molecule has 1 amide bonds. The molecule has 1 aromatic heterocycles. The molecule has 1 saturated carbocycles. The van der Waals surface area contributed by atoms with Crippen LogP contribution in [0.4, 0.5) is 0 Å². The minimum Gasteiger partial charge on any atom is -0.497 e.